The molecule has 0 saturated heterocycles. The molecule has 3 N–H and O–H groups in total. The van der Waals surface area contributed by atoms with Gasteiger partial charge in [-0.25, -0.2) is 4.98 Å². The molecule has 0 radical (unpaired) electrons. The van der Waals surface area contributed by atoms with Gasteiger partial charge >= 0.3 is 0 Å². The van der Waals surface area contributed by atoms with Gasteiger partial charge in [-0.05, 0) is 47.9 Å². The average molecular weight is 302 g/mol. The van der Waals surface area contributed by atoms with Crippen LogP contribution in [0.15, 0.2) is 36.5 Å². The summed E-state index contributed by atoms with van der Waals surface area (Å²) < 4.78 is 0. The van der Waals surface area contributed by atoms with Crippen LogP contribution in [0.1, 0.15) is 5.56 Å². The lowest BCUT2D eigenvalue weighted by molar-refractivity contribution is 0.311. The average Bonchev–Trinajstić information content (AvgIpc) is 2.93. The van der Waals surface area contributed by atoms with E-state index in [0.717, 1.165) is 38.6 Å². The summed E-state index contributed by atoms with van der Waals surface area (Å²) in [5.41, 5.74) is 4.15. The van der Waals surface area contributed by atoms with Gasteiger partial charge in [0.2, 0.25) is 0 Å². The first-order valence-electron chi connectivity index (χ1n) is 6.78. The zero-order valence-electron chi connectivity index (χ0n) is 11.7. The Morgan fingerprint density at radius 2 is 2.10 bits per heavy atom. The summed E-state index contributed by atoms with van der Waals surface area (Å²) in [7, 11) is 0. The van der Waals surface area contributed by atoms with Crippen LogP contribution >= 0.6 is 11.6 Å². The summed E-state index contributed by atoms with van der Waals surface area (Å²) in [6.45, 7) is 2.58. The highest BCUT2D eigenvalue weighted by molar-refractivity contribution is 6.30. The molecule has 4 nitrogen and oxygen atoms in total. The molecule has 0 atom stereocenters. The number of aryl methyl sites for hydroxylation is 1. The smallest absolute Gasteiger partial charge is 0.140 e. The predicted octanol–water partition coefficient (Wildman–Crippen LogP) is 3.60. The van der Waals surface area contributed by atoms with E-state index >= 15 is 0 Å². The molecule has 0 aliphatic carbocycles. The third-order valence-corrected chi connectivity index (χ3v) is 3.66. The minimum atomic E-state index is 0.0692. The number of hydrogen-bond acceptors (Lipinski definition) is 3. The van der Waals surface area contributed by atoms with E-state index in [9.17, 15) is 0 Å². The summed E-state index contributed by atoms with van der Waals surface area (Å²) in [6.07, 6.45) is 1.88. The first kappa shape index (κ1) is 13.9. The Hall–Kier alpha value is -2.04. The Balaban J connectivity index is 2.17. The Morgan fingerprint density at radius 1 is 1.24 bits per heavy atom. The van der Waals surface area contributed by atoms with Crippen molar-refractivity contribution in [1.82, 2.24) is 9.97 Å². The molecular weight excluding hydrogens is 286 g/mol. The number of pyridine rings is 1. The van der Waals surface area contributed by atoms with Gasteiger partial charge in [0.1, 0.15) is 11.5 Å². The molecule has 0 bridgehead atoms. The normalized spacial score (nSPS) is 11.0. The number of anilines is 1. The maximum Gasteiger partial charge on any atom is 0.140 e. The second kappa shape index (κ2) is 5.76. The fourth-order valence-electron chi connectivity index (χ4n) is 2.46. The van der Waals surface area contributed by atoms with Crippen molar-refractivity contribution in [2.75, 3.05) is 18.5 Å². The van der Waals surface area contributed by atoms with Crippen molar-refractivity contribution < 1.29 is 5.11 Å². The fourth-order valence-corrected chi connectivity index (χ4v) is 2.69. The number of fused-ring (bicyclic) bond motifs is 1. The van der Waals surface area contributed by atoms with Crippen LogP contribution < -0.4 is 5.32 Å². The topological polar surface area (TPSA) is 60.9 Å². The standard InChI is InChI=1S/C16H16ClN3O/c1-10-8-11(17)2-3-12(10)14-9-15(18-6-7-21)20-16-13(14)4-5-19-16/h2-5,8-9,21H,6-7H2,1H3,(H2,18,19,20). The highest BCUT2D eigenvalue weighted by Gasteiger charge is 2.11. The van der Waals surface area contributed by atoms with Gasteiger partial charge in [-0.3, -0.25) is 0 Å². The number of aromatic nitrogens is 2. The van der Waals surface area contributed by atoms with Gasteiger partial charge in [-0.2, -0.15) is 0 Å². The number of nitrogens with one attached hydrogen (secondary N) is 2. The van der Waals surface area contributed by atoms with Crippen molar-refractivity contribution >= 4 is 28.5 Å². The summed E-state index contributed by atoms with van der Waals surface area (Å²) >= 11 is 6.04. The summed E-state index contributed by atoms with van der Waals surface area (Å²) in [6, 6.07) is 9.89. The van der Waals surface area contributed by atoms with Crippen molar-refractivity contribution in [3.05, 3.63) is 47.1 Å². The molecule has 3 aromatic rings. The monoisotopic (exact) mass is 301 g/mol. The van der Waals surface area contributed by atoms with Crippen molar-refractivity contribution in [3.63, 3.8) is 0 Å². The second-order valence-corrected chi connectivity index (χ2v) is 5.34. The Morgan fingerprint density at radius 3 is 2.86 bits per heavy atom. The SMILES string of the molecule is Cc1cc(Cl)ccc1-c1cc(NCCO)nc2[nH]ccc12. The van der Waals surface area contributed by atoms with E-state index in [0.29, 0.717) is 6.54 Å². The number of aliphatic hydroxyl groups is 1. The lowest BCUT2D eigenvalue weighted by Gasteiger charge is -2.11. The van der Waals surface area contributed by atoms with E-state index in [1.165, 1.54) is 0 Å². The van der Waals surface area contributed by atoms with Crippen LogP contribution in [-0.2, 0) is 0 Å². The number of aliphatic hydroxyl groups excluding tert-OH is 1. The zero-order valence-corrected chi connectivity index (χ0v) is 12.4. The van der Waals surface area contributed by atoms with Gasteiger partial charge in [-0.15, -0.1) is 0 Å². The minimum Gasteiger partial charge on any atom is -0.395 e. The summed E-state index contributed by atoms with van der Waals surface area (Å²) in [4.78, 5) is 7.64. The molecule has 1 aromatic carbocycles. The number of nitrogens with zero attached hydrogens (tertiary/aromatic N) is 1. The van der Waals surface area contributed by atoms with Gasteiger partial charge in [0.05, 0.1) is 6.61 Å². The van der Waals surface area contributed by atoms with Crippen LogP contribution in [0, 0.1) is 6.92 Å². The van der Waals surface area contributed by atoms with Gasteiger partial charge in [0, 0.05) is 23.2 Å². The number of aromatic amines is 1. The van der Waals surface area contributed by atoms with Crippen LogP contribution in [0.25, 0.3) is 22.2 Å². The van der Waals surface area contributed by atoms with Crippen LogP contribution in [0.2, 0.25) is 5.02 Å². The molecule has 0 aliphatic heterocycles. The molecule has 0 spiro atoms. The number of H-pyrrole nitrogens is 1. The first-order chi connectivity index (χ1) is 10.2. The quantitative estimate of drug-likeness (QED) is 0.690. The van der Waals surface area contributed by atoms with Crippen LogP contribution in [-0.4, -0.2) is 28.2 Å². The van der Waals surface area contributed by atoms with Gasteiger partial charge in [-0.1, -0.05) is 17.7 Å². The maximum atomic E-state index is 8.95. The molecule has 108 valence electrons. The van der Waals surface area contributed by atoms with Crippen LogP contribution in [0.4, 0.5) is 5.82 Å². The van der Waals surface area contributed by atoms with E-state index in [2.05, 4.69) is 15.3 Å². The summed E-state index contributed by atoms with van der Waals surface area (Å²) in [5.74, 6) is 0.739. The number of benzene rings is 1. The molecule has 2 aromatic heterocycles. The molecule has 5 heteroatoms. The van der Waals surface area contributed by atoms with Crippen LogP contribution in [0.5, 0.6) is 0 Å². The molecule has 2 heterocycles. The molecule has 3 rings (SSSR count). The molecule has 21 heavy (non-hydrogen) atoms. The van der Waals surface area contributed by atoms with Crippen molar-refractivity contribution in [1.29, 1.82) is 0 Å². The minimum absolute atomic E-state index is 0.0692. The Bertz CT molecular complexity index is 782. The predicted molar refractivity (Wildman–Crippen MR) is 86.9 cm³/mol. The van der Waals surface area contributed by atoms with Crippen molar-refractivity contribution in [2.45, 2.75) is 6.92 Å². The molecule has 0 unspecified atom stereocenters. The third kappa shape index (κ3) is 2.73. The Kier molecular flexibility index (Phi) is 3.82. The molecule has 0 fully saturated rings. The molecular formula is C16H16ClN3O. The lowest BCUT2D eigenvalue weighted by atomic mass is 9.99. The highest BCUT2D eigenvalue weighted by atomic mass is 35.5. The highest BCUT2D eigenvalue weighted by Crippen LogP contribution is 2.33. The molecule has 0 aliphatic rings. The van der Waals surface area contributed by atoms with E-state index in [-0.39, 0.29) is 6.61 Å². The summed E-state index contributed by atoms with van der Waals surface area (Å²) in [5, 5.41) is 13.9. The molecule has 0 saturated carbocycles. The number of halogens is 1. The second-order valence-electron chi connectivity index (χ2n) is 4.90. The zero-order chi connectivity index (χ0) is 14.8. The largest absolute Gasteiger partial charge is 0.395 e. The van der Waals surface area contributed by atoms with Crippen molar-refractivity contribution in [3.8, 4) is 11.1 Å². The van der Waals surface area contributed by atoms with Gasteiger partial charge in [0.15, 0.2) is 0 Å². The number of rotatable bonds is 4. The molecule has 0 amide bonds. The van der Waals surface area contributed by atoms with E-state index < -0.39 is 0 Å². The maximum absolute atomic E-state index is 8.95. The van der Waals surface area contributed by atoms with E-state index in [1.807, 2.05) is 43.5 Å². The van der Waals surface area contributed by atoms with Crippen molar-refractivity contribution in [2.24, 2.45) is 0 Å². The first-order valence-corrected chi connectivity index (χ1v) is 7.16. The Labute approximate surface area is 127 Å². The lowest BCUT2D eigenvalue weighted by Crippen LogP contribution is -2.07. The van der Waals surface area contributed by atoms with E-state index in [4.69, 9.17) is 16.7 Å². The van der Waals surface area contributed by atoms with Crippen LogP contribution in [0.3, 0.4) is 0 Å². The van der Waals surface area contributed by atoms with Gasteiger partial charge in [0.25, 0.3) is 0 Å². The van der Waals surface area contributed by atoms with Gasteiger partial charge < -0.3 is 15.4 Å². The van der Waals surface area contributed by atoms with E-state index in [1.54, 1.807) is 0 Å². The fraction of sp³-hybridized carbons (Fsp3) is 0.188. The third-order valence-electron chi connectivity index (χ3n) is 3.43. The number of hydrogen-bond donors (Lipinski definition) is 3.